The monoisotopic (exact) mass is 224 g/mol. The molecule has 0 amide bonds. The fourth-order valence-corrected chi connectivity index (χ4v) is 1.53. The number of ether oxygens (including phenoxy) is 1. The average Bonchev–Trinajstić information content (AvgIpc) is 2.10. The predicted molar refractivity (Wildman–Crippen MR) is 52.0 cm³/mol. The van der Waals surface area contributed by atoms with E-state index < -0.39 is 18.7 Å². The lowest BCUT2D eigenvalue weighted by Gasteiger charge is -2.26. The number of hydrogen-bond acceptors (Lipinski definition) is 3. The third-order valence-electron chi connectivity index (χ3n) is 2.21. The van der Waals surface area contributed by atoms with E-state index in [4.69, 9.17) is 14.5 Å². The van der Waals surface area contributed by atoms with Crippen molar-refractivity contribution in [1.82, 2.24) is 0 Å². The van der Waals surface area contributed by atoms with Gasteiger partial charge in [-0.15, -0.1) is 0 Å². The van der Waals surface area contributed by atoms with Crippen LogP contribution in [-0.4, -0.2) is 27.5 Å². The van der Waals surface area contributed by atoms with Crippen LogP contribution in [0.4, 0.5) is 0 Å². The molecule has 6 heteroatoms. The highest BCUT2D eigenvalue weighted by Gasteiger charge is 2.49. The zero-order valence-corrected chi connectivity index (χ0v) is 9.58. The summed E-state index contributed by atoms with van der Waals surface area (Å²) in [7, 11) is -4.46. The maximum absolute atomic E-state index is 11.4. The van der Waals surface area contributed by atoms with Gasteiger partial charge in [0.1, 0.15) is 0 Å². The van der Waals surface area contributed by atoms with E-state index in [2.05, 4.69) is 0 Å². The van der Waals surface area contributed by atoms with Crippen LogP contribution in [-0.2, 0) is 14.1 Å². The molecule has 1 atom stereocenters. The molecule has 5 nitrogen and oxygen atoms in total. The number of hydrogen-bond donors (Lipinski definition) is 2. The molecule has 2 N–H and O–H groups in total. The van der Waals surface area contributed by atoms with Gasteiger partial charge in [-0.1, -0.05) is 13.8 Å². The summed E-state index contributed by atoms with van der Waals surface area (Å²) < 4.78 is 15.8. The van der Waals surface area contributed by atoms with Crippen LogP contribution in [0.3, 0.4) is 0 Å². The fraction of sp³-hybridized carbons (Fsp3) is 0.875. The predicted octanol–water partition coefficient (Wildman–Crippen LogP) is 1.29. The van der Waals surface area contributed by atoms with E-state index in [1.807, 2.05) is 6.92 Å². The second-order valence-electron chi connectivity index (χ2n) is 3.31. The normalized spacial score (nSPS) is 16.1. The van der Waals surface area contributed by atoms with Gasteiger partial charge in [-0.25, -0.2) is 0 Å². The molecule has 0 spiro atoms. The third kappa shape index (κ3) is 2.80. The van der Waals surface area contributed by atoms with Crippen molar-refractivity contribution in [2.24, 2.45) is 0 Å². The van der Waals surface area contributed by atoms with Gasteiger partial charge in [0.05, 0.1) is 6.61 Å². The third-order valence-corrected chi connectivity index (χ3v) is 3.99. The summed E-state index contributed by atoms with van der Waals surface area (Å²) >= 11 is 0. The van der Waals surface area contributed by atoms with Crippen LogP contribution in [0.15, 0.2) is 0 Å². The molecule has 0 rings (SSSR count). The molecule has 0 aromatic carbocycles. The van der Waals surface area contributed by atoms with Crippen LogP contribution >= 0.6 is 7.60 Å². The Hall–Kier alpha value is -0.380. The smallest absolute Gasteiger partial charge is 0.342 e. The number of esters is 1. The molecule has 84 valence electrons. The summed E-state index contributed by atoms with van der Waals surface area (Å²) in [5.74, 6) is -0.824. The van der Waals surface area contributed by atoms with E-state index in [-0.39, 0.29) is 13.0 Å². The van der Waals surface area contributed by atoms with Crippen LogP contribution in [0.2, 0.25) is 0 Å². The maximum Gasteiger partial charge on any atom is 0.342 e. The van der Waals surface area contributed by atoms with Crippen molar-refractivity contribution < 1.29 is 23.9 Å². The van der Waals surface area contributed by atoms with Gasteiger partial charge in [0, 0.05) is 0 Å². The van der Waals surface area contributed by atoms with Crippen molar-refractivity contribution in [3.63, 3.8) is 0 Å². The Morgan fingerprint density at radius 3 is 2.21 bits per heavy atom. The molecule has 0 saturated heterocycles. The van der Waals surface area contributed by atoms with Crippen LogP contribution in [0, 0.1) is 0 Å². The Labute approximate surface area is 83.6 Å². The minimum atomic E-state index is -4.46. The summed E-state index contributed by atoms with van der Waals surface area (Å²) in [6.07, 6.45) is 0.687. The maximum atomic E-state index is 11.4. The summed E-state index contributed by atoms with van der Waals surface area (Å²) in [6, 6.07) is 0. The average molecular weight is 224 g/mol. The van der Waals surface area contributed by atoms with Gasteiger partial charge in [-0.05, 0) is 19.8 Å². The highest BCUT2D eigenvalue weighted by molar-refractivity contribution is 7.54. The van der Waals surface area contributed by atoms with E-state index in [1.165, 1.54) is 6.92 Å². The van der Waals surface area contributed by atoms with Crippen molar-refractivity contribution >= 4 is 13.6 Å². The minimum absolute atomic E-state index is 0.0554. The SMILES string of the molecule is CCCOC(=O)C(C)(CC)P(=O)(O)O. The topological polar surface area (TPSA) is 83.8 Å². The van der Waals surface area contributed by atoms with Gasteiger partial charge in [0.25, 0.3) is 0 Å². The molecular formula is C8H17O5P. The van der Waals surface area contributed by atoms with E-state index in [0.717, 1.165) is 0 Å². The standard InChI is InChI=1S/C8H17O5P/c1-4-6-13-7(9)8(3,5-2)14(10,11)12/h4-6H2,1-3H3,(H2,10,11,12). The van der Waals surface area contributed by atoms with Gasteiger partial charge in [-0.2, -0.15) is 0 Å². The molecule has 0 radical (unpaired) electrons. The van der Waals surface area contributed by atoms with Gasteiger partial charge >= 0.3 is 13.6 Å². The van der Waals surface area contributed by atoms with E-state index in [1.54, 1.807) is 6.92 Å². The Morgan fingerprint density at radius 1 is 1.43 bits per heavy atom. The lowest BCUT2D eigenvalue weighted by molar-refractivity contribution is -0.147. The Morgan fingerprint density at radius 2 is 1.93 bits per heavy atom. The first-order valence-corrected chi connectivity index (χ1v) is 6.13. The molecule has 0 bridgehead atoms. The first-order chi connectivity index (χ1) is 6.29. The molecule has 0 saturated carbocycles. The van der Waals surface area contributed by atoms with Gasteiger partial charge in [0.15, 0.2) is 5.16 Å². The number of carbonyl (C=O) groups excluding carboxylic acids is 1. The highest BCUT2D eigenvalue weighted by atomic mass is 31.2. The van der Waals surface area contributed by atoms with E-state index >= 15 is 0 Å². The number of rotatable bonds is 5. The van der Waals surface area contributed by atoms with Crippen LogP contribution < -0.4 is 0 Å². The van der Waals surface area contributed by atoms with Crippen molar-refractivity contribution in [2.75, 3.05) is 6.61 Å². The van der Waals surface area contributed by atoms with E-state index in [9.17, 15) is 9.36 Å². The Balaban J connectivity index is 4.70. The van der Waals surface area contributed by atoms with Crippen LogP contribution in [0.5, 0.6) is 0 Å². The lowest BCUT2D eigenvalue weighted by Crippen LogP contribution is -2.36. The molecule has 0 heterocycles. The van der Waals surface area contributed by atoms with Crippen LogP contribution in [0.25, 0.3) is 0 Å². The molecule has 0 fully saturated rings. The van der Waals surface area contributed by atoms with Crippen molar-refractivity contribution in [2.45, 2.75) is 38.8 Å². The quantitative estimate of drug-likeness (QED) is 0.543. The molecule has 1 unspecified atom stereocenters. The number of carbonyl (C=O) groups is 1. The minimum Gasteiger partial charge on any atom is -0.465 e. The largest absolute Gasteiger partial charge is 0.465 e. The molecule has 0 aromatic heterocycles. The molecule has 0 aliphatic heterocycles. The molecule has 0 aromatic rings. The molecule has 14 heavy (non-hydrogen) atoms. The van der Waals surface area contributed by atoms with Crippen molar-refractivity contribution in [1.29, 1.82) is 0 Å². The second kappa shape index (κ2) is 4.91. The fourth-order valence-electron chi connectivity index (χ4n) is 0.819. The zero-order chi connectivity index (χ0) is 11.4. The van der Waals surface area contributed by atoms with Gasteiger partial charge < -0.3 is 14.5 Å². The van der Waals surface area contributed by atoms with Crippen molar-refractivity contribution in [3.05, 3.63) is 0 Å². The zero-order valence-electron chi connectivity index (χ0n) is 8.69. The molecule has 0 aliphatic carbocycles. The highest BCUT2D eigenvalue weighted by Crippen LogP contribution is 2.52. The molecular weight excluding hydrogens is 207 g/mol. The first-order valence-electron chi connectivity index (χ1n) is 4.52. The summed E-state index contributed by atoms with van der Waals surface area (Å²) in [5, 5.41) is -1.71. The summed E-state index contributed by atoms with van der Waals surface area (Å²) in [6.45, 7) is 4.78. The first kappa shape index (κ1) is 13.6. The summed E-state index contributed by atoms with van der Waals surface area (Å²) in [4.78, 5) is 29.4. The van der Waals surface area contributed by atoms with Crippen LogP contribution in [0.1, 0.15) is 33.6 Å². The van der Waals surface area contributed by atoms with Gasteiger partial charge in [-0.3, -0.25) is 9.36 Å². The Bertz CT molecular complexity index is 246. The van der Waals surface area contributed by atoms with E-state index in [0.29, 0.717) is 6.42 Å². The molecule has 0 aliphatic rings. The second-order valence-corrected chi connectivity index (χ2v) is 5.38. The van der Waals surface area contributed by atoms with Crippen molar-refractivity contribution in [3.8, 4) is 0 Å². The van der Waals surface area contributed by atoms with Gasteiger partial charge in [0.2, 0.25) is 0 Å². The summed E-state index contributed by atoms with van der Waals surface area (Å²) in [5.41, 5.74) is 0. The Kier molecular flexibility index (Phi) is 4.78. The lowest BCUT2D eigenvalue weighted by atomic mass is 10.1.